The zero-order valence-corrected chi connectivity index (χ0v) is 36.0. The van der Waals surface area contributed by atoms with Crippen molar-refractivity contribution in [3.63, 3.8) is 0 Å². The van der Waals surface area contributed by atoms with E-state index in [2.05, 4.69) is 38.8 Å². The minimum absolute atomic E-state index is 0.00356. The van der Waals surface area contributed by atoms with Crippen molar-refractivity contribution in [2.45, 2.75) is 83.3 Å². The molecule has 18 heteroatoms. The second kappa shape index (κ2) is 20.6. The minimum atomic E-state index is -5.08. The van der Waals surface area contributed by atoms with Crippen LogP contribution < -0.4 is 10.9 Å². The predicted octanol–water partition coefficient (Wildman–Crippen LogP) is 5.27. The van der Waals surface area contributed by atoms with Gasteiger partial charge in [-0.05, 0) is 99.8 Å². The number of alkyl halides is 3. The van der Waals surface area contributed by atoms with E-state index in [9.17, 15) is 32.3 Å². The Labute approximate surface area is 363 Å². The Hall–Kier alpha value is -5.75. The van der Waals surface area contributed by atoms with Gasteiger partial charge in [-0.2, -0.15) is 18.3 Å². The van der Waals surface area contributed by atoms with Gasteiger partial charge in [-0.3, -0.25) is 19.3 Å². The van der Waals surface area contributed by atoms with Crippen LogP contribution in [0.25, 0.3) is 21.8 Å². The molecule has 3 fully saturated rings. The summed E-state index contributed by atoms with van der Waals surface area (Å²) in [6, 6.07) is 13.3. The summed E-state index contributed by atoms with van der Waals surface area (Å²) in [6.45, 7) is 13.5. The number of H-pyrrole nitrogens is 1. The number of likely N-dealkylation sites (tertiary alicyclic amines) is 2. The van der Waals surface area contributed by atoms with Gasteiger partial charge in [-0.25, -0.2) is 14.3 Å². The number of piperazine rings is 1. The first-order chi connectivity index (χ1) is 30.0. The van der Waals surface area contributed by atoms with Gasteiger partial charge >= 0.3 is 24.1 Å². The quantitative estimate of drug-likeness (QED) is 0.133. The first-order valence-electron chi connectivity index (χ1n) is 21.4. The van der Waals surface area contributed by atoms with Crippen molar-refractivity contribution in [2.75, 3.05) is 59.4 Å². The van der Waals surface area contributed by atoms with Gasteiger partial charge in [0.1, 0.15) is 6.04 Å². The van der Waals surface area contributed by atoms with Crippen molar-refractivity contribution in [2.24, 2.45) is 5.92 Å². The van der Waals surface area contributed by atoms with Gasteiger partial charge in [0.25, 0.3) is 5.56 Å². The number of ether oxygens (including phenoxy) is 1. The molecule has 63 heavy (non-hydrogen) atoms. The number of aromatic nitrogens is 3. The molecule has 7 rings (SSSR count). The van der Waals surface area contributed by atoms with Crippen LogP contribution in [0.5, 0.6) is 0 Å². The number of carbonyl (C=O) groups excluding carboxylic acids is 3. The molecular formula is C45H57F3N8O7. The van der Waals surface area contributed by atoms with Crippen LogP contribution in [0.2, 0.25) is 0 Å². The summed E-state index contributed by atoms with van der Waals surface area (Å²) in [7, 11) is 2.17. The number of esters is 1. The number of halogens is 3. The molecule has 340 valence electrons. The number of carboxylic acid groups (broad SMARTS) is 1. The smallest absolute Gasteiger partial charge is 0.475 e. The molecule has 2 aromatic carbocycles. The Balaban J connectivity index is 0.000000871. The molecular weight excluding hydrogens is 822 g/mol. The summed E-state index contributed by atoms with van der Waals surface area (Å²) in [6.07, 6.45) is 2.93. The van der Waals surface area contributed by atoms with Gasteiger partial charge in [0.2, 0.25) is 5.91 Å². The molecule has 0 radical (unpaired) electrons. The summed E-state index contributed by atoms with van der Waals surface area (Å²) >= 11 is 0. The zero-order chi connectivity index (χ0) is 45.4. The van der Waals surface area contributed by atoms with E-state index in [4.69, 9.17) is 14.6 Å². The summed E-state index contributed by atoms with van der Waals surface area (Å²) in [5, 5.41) is 16.8. The highest BCUT2D eigenvalue weighted by atomic mass is 19.4. The van der Waals surface area contributed by atoms with E-state index in [1.54, 1.807) is 15.7 Å². The molecule has 3 N–H and O–H groups in total. The number of pyridine rings is 1. The molecule has 3 amide bonds. The van der Waals surface area contributed by atoms with E-state index in [0.29, 0.717) is 57.9 Å². The van der Waals surface area contributed by atoms with Crippen LogP contribution in [0.3, 0.4) is 0 Å². The Morgan fingerprint density at radius 2 is 1.63 bits per heavy atom. The maximum absolute atomic E-state index is 14.4. The number of para-hydroxylation sites is 1. The number of hydrogen-bond donors (Lipinski definition) is 3. The topological polar surface area (TPSA) is 173 Å². The number of carboxylic acids is 1. The normalized spacial score (nSPS) is 18.1. The molecule has 5 heterocycles. The Morgan fingerprint density at radius 3 is 2.29 bits per heavy atom. The van der Waals surface area contributed by atoms with E-state index in [1.807, 2.05) is 67.4 Å². The number of carbonyl (C=O) groups is 4. The minimum Gasteiger partial charge on any atom is -0.475 e. The molecule has 0 spiro atoms. The number of amides is 3. The van der Waals surface area contributed by atoms with Crippen molar-refractivity contribution >= 4 is 45.7 Å². The third-order valence-corrected chi connectivity index (χ3v) is 12.3. The largest absolute Gasteiger partial charge is 0.490 e. The van der Waals surface area contributed by atoms with Gasteiger partial charge in [0, 0.05) is 74.4 Å². The number of hydrogen-bond acceptors (Lipinski definition) is 9. The second-order valence-corrected chi connectivity index (χ2v) is 16.8. The standard InChI is InChI=1S/C43H56N8O5.C2HF3O2/c1-5-8-29(2)42(54)56-28-51-27-34-24-31(23-30(3)39(34)46-51)25-38(41(53)49-21-19-48(20-22-49)35-13-15-47(4)16-14-35)45-43(55)50-17-11-32(12-18-50)36-26-33-9-6-7-10-37(33)44-40(36)52;3-2(4,5)1(6)7/h5-7,9-10,23-24,26-27,29,32,35,38H,1,8,11-22,25,28H2,2-4H3,(H,44,52)(H,45,55);(H,6,7). The van der Waals surface area contributed by atoms with Gasteiger partial charge in [0.05, 0.1) is 11.4 Å². The van der Waals surface area contributed by atoms with Gasteiger partial charge in [0.15, 0.2) is 6.73 Å². The van der Waals surface area contributed by atoms with Crippen LogP contribution >= 0.6 is 0 Å². The number of rotatable bonds is 11. The Morgan fingerprint density at radius 1 is 0.968 bits per heavy atom. The molecule has 3 aliphatic rings. The van der Waals surface area contributed by atoms with Gasteiger partial charge in [-0.1, -0.05) is 37.3 Å². The fourth-order valence-electron chi connectivity index (χ4n) is 8.66. The van der Waals surface area contributed by atoms with E-state index in [0.717, 1.165) is 77.5 Å². The summed E-state index contributed by atoms with van der Waals surface area (Å²) in [5.41, 5.74) is 4.11. The average molecular weight is 879 g/mol. The van der Waals surface area contributed by atoms with Crippen LogP contribution in [0, 0.1) is 12.8 Å². The second-order valence-electron chi connectivity index (χ2n) is 16.8. The lowest BCUT2D eigenvalue weighted by atomic mass is 9.89. The first-order valence-corrected chi connectivity index (χ1v) is 21.4. The van der Waals surface area contributed by atoms with Crippen LogP contribution in [0.4, 0.5) is 18.0 Å². The number of allylic oxidation sites excluding steroid dienone is 1. The van der Waals surface area contributed by atoms with Crippen LogP contribution in [-0.2, 0) is 32.3 Å². The molecule has 2 unspecified atom stereocenters. The van der Waals surface area contributed by atoms with Crippen LogP contribution in [-0.4, -0.2) is 141 Å². The molecule has 3 saturated heterocycles. The number of aryl methyl sites for hydroxylation is 1. The van der Waals surface area contributed by atoms with E-state index in [1.165, 1.54) is 0 Å². The third kappa shape index (κ3) is 12.0. The number of aromatic amines is 1. The molecule has 4 aromatic rings. The number of nitrogens with one attached hydrogen (secondary N) is 2. The number of benzene rings is 2. The van der Waals surface area contributed by atoms with Crippen molar-refractivity contribution < 1.29 is 42.2 Å². The highest BCUT2D eigenvalue weighted by Gasteiger charge is 2.38. The predicted molar refractivity (Wildman–Crippen MR) is 231 cm³/mol. The number of piperidine rings is 2. The monoisotopic (exact) mass is 878 g/mol. The maximum Gasteiger partial charge on any atom is 0.490 e. The molecule has 2 atom stereocenters. The molecule has 2 aromatic heterocycles. The lowest BCUT2D eigenvalue weighted by Gasteiger charge is -2.43. The third-order valence-electron chi connectivity index (χ3n) is 12.3. The average Bonchev–Trinajstić information content (AvgIpc) is 3.69. The lowest BCUT2D eigenvalue weighted by molar-refractivity contribution is -0.192. The summed E-state index contributed by atoms with van der Waals surface area (Å²) in [5.74, 6) is -3.38. The highest BCUT2D eigenvalue weighted by molar-refractivity contribution is 5.88. The van der Waals surface area contributed by atoms with E-state index < -0.39 is 18.2 Å². The van der Waals surface area contributed by atoms with Gasteiger partial charge < -0.3 is 34.8 Å². The van der Waals surface area contributed by atoms with Crippen LogP contribution in [0.1, 0.15) is 61.6 Å². The van der Waals surface area contributed by atoms with Crippen molar-refractivity contribution in [1.82, 2.24) is 39.7 Å². The number of fused-ring (bicyclic) bond motifs is 2. The number of nitrogens with zero attached hydrogens (tertiary/aromatic N) is 6. The molecule has 0 bridgehead atoms. The fraction of sp³-hybridized carbons (Fsp3) is 0.511. The fourth-order valence-corrected chi connectivity index (χ4v) is 8.66. The van der Waals surface area contributed by atoms with E-state index in [-0.39, 0.29) is 42.0 Å². The molecule has 0 saturated carbocycles. The number of urea groups is 1. The lowest BCUT2D eigenvalue weighted by Crippen LogP contribution is -2.59. The summed E-state index contributed by atoms with van der Waals surface area (Å²) < 4.78 is 38.9. The molecule has 15 nitrogen and oxygen atoms in total. The van der Waals surface area contributed by atoms with Crippen molar-refractivity contribution in [3.8, 4) is 0 Å². The Bertz CT molecular complexity index is 2320. The first kappa shape index (κ1) is 46.7. The van der Waals surface area contributed by atoms with Gasteiger partial charge in [-0.15, -0.1) is 6.58 Å². The van der Waals surface area contributed by atoms with Crippen LogP contribution in [0.15, 0.2) is 66.1 Å². The van der Waals surface area contributed by atoms with Crippen molar-refractivity contribution in [1.29, 1.82) is 0 Å². The number of aliphatic carboxylic acids is 1. The van der Waals surface area contributed by atoms with Crippen molar-refractivity contribution in [3.05, 3.63) is 88.4 Å². The summed E-state index contributed by atoms with van der Waals surface area (Å²) in [4.78, 5) is 74.3. The van der Waals surface area contributed by atoms with E-state index >= 15 is 0 Å². The zero-order valence-electron chi connectivity index (χ0n) is 36.0. The highest BCUT2D eigenvalue weighted by Crippen LogP contribution is 2.28. The molecule has 0 aliphatic carbocycles. The SMILES string of the molecule is C=CCC(C)C(=O)OCn1cc2cc(CC(NC(=O)N3CCC(c4cc5ccccc5[nH]c4=O)CC3)C(=O)N3CCN(C4CCN(C)CC4)CC3)cc(C)c2n1.O=C(O)C(F)(F)F. The molecule has 3 aliphatic heterocycles. The Kier molecular flexibility index (Phi) is 15.3. The maximum atomic E-state index is 14.4.